The third kappa shape index (κ3) is 2.77. The van der Waals surface area contributed by atoms with E-state index in [9.17, 15) is 9.59 Å². The Bertz CT molecular complexity index is 679. The molecule has 0 bridgehead atoms. The lowest BCUT2D eigenvalue weighted by molar-refractivity contribution is 0.0699. The van der Waals surface area contributed by atoms with Crippen LogP contribution >= 0.6 is 0 Å². The van der Waals surface area contributed by atoms with Crippen molar-refractivity contribution < 1.29 is 19.4 Å². The van der Waals surface area contributed by atoms with Crippen LogP contribution in [-0.2, 0) is 4.74 Å². The summed E-state index contributed by atoms with van der Waals surface area (Å²) >= 11 is 0. The molecule has 1 amide bonds. The fourth-order valence-electron chi connectivity index (χ4n) is 1.88. The van der Waals surface area contributed by atoms with Crippen LogP contribution in [0.3, 0.4) is 0 Å². The summed E-state index contributed by atoms with van der Waals surface area (Å²) in [6.07, 6.45) is 0.851. The van der Waals surface area contributed by atoms with Gasteiger partial charge in [0.25, 0.3) is 0 Å². The smallest absolute Gasteiger partial charge is 0.411 e. The first-order valence-corrected chi connectivity index (χ1v) is 5.93. The molecule has 5 nitrogen and oxygen atoms in total. The highest BCUT2D eigenvalue weighted by Crippen LogP contribution is 2.26. The molecule has 0 unspecified atom stereocenters. The predicted molar refractivity (Wildman–Crippen MR) is 76.1 cm³/mol. The summed E-state index contributed by atoms with van der Waals surface area (Å²) in [6, 6.07) is 9.95. The molecule has 20 heavy (non-hydrogen) atoms. The molecule has 0 aliphatic rings. The summed E-state index contributed by atoms with van der Waals surface area (Å²) < 4.78 is 4.84. The summed E-state index contributed by atoms with van der Waals surface area (Å²) in [4.78, 5) is 22.7. The molecule has 0 atom stereocenters. The molecule has 0 aromatic heterocycles. The van der Waals surface area contributed by atoms with Crippen molar-refractivity contribution in [2.24, 2.45) is 0 Å². The molecule has 2 aromatic carbocycles. The van der Waals surface area contributed by atoms with Crippen molar-refractivity contribution in [3.05, 3.63) is 54.6 Å². The minimum atomic E-state index is -1.01. The van der Waals surface area contributed by atoms with Gasteiger partial charge in [-0.3, -0.25) is 5.32 Å². The van der Waals surface area contributed by atoms with Gasteiger partial charge in [0, 0.05) is 5.39 Å². The molecular weight excluding hydrogens is 258 g/mol. The van der Waals surface area contributed by atoms with Gasteiger partial charge in [0.15, 0.2) is 0 Å². The van der Waals surface area contributed by atoms with Gasteiger partial charge in [-0.15, -0.1) is 0 Å². The van der Waals surface area contributed by atoms with Crippen LogP contribution in [0.1, 0.15) is 10.4 Å². The van der Waals surface area contributed by atoms with Crippen molar-refractivity contribution in [2.75, 3.05) is 11.9 Å². The van der Waals surface area contributed by atoms with Gasteiger partial charge >= 0.3 is 12.1 Å². The van der Waals surface area contributed by atoms with E-state index >= 15 is 0 Å². The fourth-order valence-corrected chi connectivity index (χ4v) is 1.88. The van der Waals surface area contributed by atoms with Crippen LogP contribution in [-0.4, -0.2) is 23.8 Å². The maximum absolute atomic E-state index is 11.5. The summed E-state index contributed by atoms with van der Waals surface area (Å²) in [7, 11) is 0. The Morgan fingerprint density at radius 1 is 1.20 bits per heavy atom. The first kappa shape index (κ1) is 13.6. The van der Waals surface area contributed by atoms with Crippen LogP contribution in [0.4, 0.5) is 10.5 Å². The van der Waals surface area contributed by atoms with Crippen molar-refractivity contribution in [2.45, 2.75) is 0 Å². The minimum Gasteiger partial charge on any atom is -0.478 e. The largest absolute Gasteiger partial charge is 0.478 e. The minimum absolute atomic E-state index is 0.108. The van der Waals surface area contributed by atoms with E-state index in [1.807, 2.05) is 0 Å². The number of ether oxygens (including phenoxy) is 1. The molecule has 0 heterocycles. The topological polar surface area (TPSA) is 75.6 Å². The number of carbonyl (C=O) groups is 2. The maximum Gasteiger partial charge on any atom is 0.411 e. The van der Waals surface area contributed by atoms with E-state index in [0.717, 1.165) is 0 Å². The highest BCUT2D eigenvalue weighted by Gasteiger charge is 2.12. The van der Waals surface area contributed by atoms with Gasteiger partial charge in [-0.05, 0) is 17.5 Å². The van der Waals surface area contributed by atoms with Gasteiger partial charge in [0.05, 0.1) is 11.3 Å². The molecular formula is C15H13NO4. The van der Waals surface area contributed by atoms with Crippen LogP contribution in [0.25, 0.3) is 10.8 Å². The average molecular weight is 271 g/mol. The lowest BCUT2D eigenvalue weighted by Crippen LogP contribution is -2.14. The molecule has 102 valence electrons. The van der Waals surface area contributed by atoms with Crippen molar-refractivity contribution >= 4 is 28.5 Å². The lowest BCUT2D eigenvalue weighted by Gasteiger charge is -2.10. The van der Waals surface area contributed by atoms with Crippen LogP contribution in [0.15, 0.2) is 49.1 Å². The van der Waals surface area contributed by atoms with Crippen molar-refractivity contribution in [3.8, 4) is 0 Å². The number of fused-ring (bicyclic) bond motifs is 1. The fraction of sp³-hybridized carbons (Fsp3) is 0.0667. The molecule has 2 N–H and O–H groups in total. The summed E-state index contributed by atoms with van der Waals surface area (Å²) in [5.41, 5.74) is 0.685. The molecule has 2 rings (SSSR count). The first-order valence-electron chi connectivity index (χ1n) is 5.93. The van der Waals surface area contributed by atoms with E-state index in [2.05, 4.69) is 11.9 Å². The number of hydrogen-bond donors (Lipinski definition) is 2. The number of rotatable bonds is 4. The zero-order chi connectivity index (χ0) is 14.5. The Morgan fingerprint density at radius 3 is 2.55 bits per heavy atom. The number of hydrogen-bond acceptors (Lipinski definition) is 3. The second-order valence-electron chi connectivity index (χ2n) is 4.02. The lowest BCUT2D eigenvalue weighted by atomic mass is 10.0. The predicted octanol–water partition coefficient (Wildman–Crippen LogP) is 3.27. The van der Waals surface area contributed by atoms with Crippen molar-refractivity contribution in [1.82, 2.24) is 0 Å². The first-order chi connectivity index (χ1) is 9.63. The Morgan fingerprint density at radius 2 is 1.90 bits per heavy atom. The van der Waals surface area contributed by atoms with Crippen LogP contribution < -0.4 is 5.32 Å². The number of amides is 1. The van der Waals surface area contributed by atoms with Gasteiger partial charge < -0.3 is 9.84 Å². The van der Waals surface area contributed by atoms with E-state index in [1.54, 1.807) is 30.3 Å². The summed E-state index contributed by atoms with van der Waals surface area (Å²) in [5, 5.41) is 12.9. The SMILES string of the molecule is C=CCOC(=O)Nc1ccc(C(=O)O)c2ccccc12. The van der Waals surface area contributed by atoms with Gasteiger partial charge in [0.1, 0.15) is 6.61 Å². The molecule has 0 radical (unpaired) electrons. The number of carboxylic acid groups (broad SMARTS) is 1. The van der Waals surface area contributed by atoms with E-state index in [4.69, 9.17) is 9.84 Å². The Balaban J connectivity index is 2.40. The highest BCUT2D eigenvalue weighted by atomic mass is 16.5. The number of benzene rings is 2. The number of nitrogens with one attached hydrogen (secondary N) is 1. The van der Waals surface area contributed by atoms with E-state index in [0.29, 0.717) is 16.5 Å². The number of anilines is 1. The zero-order valence-electron chi connectivity index (χ0n) is 10.6. The summed E-state index contributed by atoms with van der Waals surface area (Å²) in [5.74, 6) is -1.01. The van der Waals surface area contributed by atoms with Crippen LogP contribution in [0.5, 0.6) is 0 Å². The third-order valence-corrected chi connectivity index (χ3v) is 2.72. The van der Waals surface area contributed by atoms with E-state index < -0.39 is 12.1 Å². The number of carboxylic acids is 1. The monoisotopic (exact) mass is 271 g/mol. The van der Waals surface area contributed by atoms with Gasteiger partial charge in [-0.25, -0.2) is 9.59 Å². The molecule has 5 heteroatoms. The highest BCUT2D eigenvalue weighted by molar-refractivity contribution is 6.09. The average Bonchev–Trinajstić information content (AvgIpc) is 2.45. The third-order valence-electron chi connectivity index (χ3n) is 2.72. The van der Waals surface area contributed by atoms with Crippen molar-refractivity contribution in [1.29, 1.82) is 0 Å². The molecule has 2 aromatic rings. The van der Waals surface area contributed by atoms with E-state index in [-0.39, 0.29) is 12.2 Å². The van der Waals surface area contributed by atoms with Crippen molar-refractivity contribution in [3.63, 3.8) is 0 Å². The molecule has 0 saturated heterocycles. The van der Waals surface area contributed by atoms with Gasteiger partial charge in [-0.2, -0.15) is 0 Å². The van der Waals surface area contributed by atoms with Gasteiger partial charge in [0.2, 0.25) is 0 Å². The summed E-state index contributed by atoms with van der Waals surface area (Å²) in [6.45, 7) is 3.56. The van der Waals surface area contributed by atoms with Gasteiger partial charge in [-0.1, -0.05) is 36.9 Å². The Kier molecular flexibility index (Phi) is 4.00. The number of carbonyl (C=O) groups excluding carboxylic acids is 1. The molecule has 0 aliphatic heterocycles. The molecule has 0 spiro atoms. The quantitative estimate of drug-likeness (QED) is 0.837. The normalized spacial score (nSPS) is 10.0. The zero-order valence-corrected chi connectivity index (χ0v) is 10.6. The second-order valence-corrected chi connectivity index (χ2v) is 4.02. The standard InChI is InChI=1S/C15H13NO4/c1-2-9-20-15(19)16-13-8-7-12(14(17)18)10-5-3-4-6-11(10)13/h2-8H,1,9H2,(H,16,19)(H,17,18). The maximum atomic E-state index is 11.5. The molecule has 0 aliphatic carbocycles. The number of aromatic carboxylic acids is 1. The van der Waals surface area contributed by atoms with E-state index in [1.165, 1.54) is 12.1 Å². The Hall–Kier alpha value is -2.82. The molecule has 0 saturated carbocycles. The Labute approximate surface area is 115 Å². The second kappa shape index (κ2) is 5.88. The molecule has 0 fully saturated rings. The van der Waals surface area contributed by atoms with Crippen LogP contribution in [0.2, 0.25) is 0 Å². The van der Waals surface area contributed by atoms with Crippen LogP contribution in [0, 0.1) is 0 Å².